The fourth-order valence-electron chi connectivity index (χ4n) is 1.52. The highest BCUT2D eigenvalue weighted by molar-refractivity contribution is 7.91. The molecule has 2 aromatic heterocycles. The third kappa shape index (κ3) is 3.84. The van der Waals surface area contributed by atoms with Gasteiger partial charge in [0.05, 0.1) is 6.61 Å². The number of thiophene rings is 1. The molecule has 2 heterocycles. The number of aliphatic hydroxyl groups excluding tert-OH is 1. The molecular weight excluding hydrogens is 284 g/mol. The van der Waals surface area contributed by atoms with E-state index in [-0.39, 0.29) is 10.8 Å². The Morgan fingerprint density at radius 1 is 1.26 bits per heavy atom. The molecule has 0 spiro atoms. The van der Waals surface area contributed by atoms with Crippen molar-refractivity contribution in [3.05, 3.63) is 47.1 Å². The lowest BCUT2D eigenvalue weighted by Crippen LogP contribution is -2.25. The molecule has 0 aliphatic carbocycles. The van der Waals surface area contributed by atoms with Gasteiger partial charge < -0.3 is 5.11 Å². The van der Waals surface area contributed by atoms with Crippen LogP contribution in [0.15, 0.2) is 40.7 Å². The Bertz CT molecular complexity index is 623. The first-order valence-corrected chi connectivity index (χ1v) is 8.01. The maximum Gasteiger partial charge on any atom is 0.250 e. The summed E-state index contributed by atoms with van der Waals surface area (Å²) in [6.45, 7) is 0.153. The first-order chi connectivity index (χ1) is 9.12. The second-order valence-electron chi connectivity index (χ2n) is 3.85. The molecule has 2 aromatic rings. The van der Waals surface area contributed by atoms with Gasteiger partial charge in [-0.1, -0.05) is 6.07 Å². The number of pyridine rings is 1. The van der Waals surface area contributed by atoms with E-state index in [4.69, 9.17) is 5.11 Å². The highest BCUT2D eigenvalue weighted by Crippen LogP contribution is 2.21. The van der Waals surface area contributed by atoms with Crippen molar-refractivity contribution in [1.29, 1.82) is 0 Å². The van der Waals surface area contributed by atoms with Gasteiger partial charge in [0.1, 0.15) is 4.21 Å². The van der Waals surface area contributed by atoms with Crippen molar-refractivity contribution in [2.75, 3.05) is 6.54 Å². The average Bonchev–Trinajstić information content (AvgIpc) is 2.89. The zero-order valence-electron chi connectivity index (χ0n) is 10.1. The molecule has 0 aromatic carbocycles. The SMILES string of the molecule is O=S(=O)(NCCc1ccccn1)c1ccc(CO)s1. The maximum absolute atomic E-state index is 11.9. The molecule has 2 N–H and O–H groups in total. The van der Waals surface area contributed by atoms with Gasteiger partial charge in [-0.05, 0) is 24.3 Å². The summed E-state index contributed by atoms with van der Waals surface area (Å²) in [6, 6.07) is 8.64. The third-order valence-electron chi connectivity index (χ3n) is 2.46. The summed E-state index contributed by atoms with van der Waals surface area (Å²) in [5, 5.41) is 8.93. The van der Waals surface area contributed by atoms with Crippen LogP contribution < -0.4 is 4.72 Å². The second-order valence-corrected chi connectivity index (χ2v) is 7.01. The number of aliphatic hydroxyl groups is 1. The smallest absolute Gasteiger partial charge is 0.250 e. The van der Waals surface area contributed by atoms with Crippen LogP contribution in [0.4, 0.5) is 0 Å². The molecule has 0 amide bonds. The summed E-state index contributed by atoms with van der Waals surface area (Å²) >= 11 is 1.07. The van der Waals surface area contributed by atoms with Crippen molar-refractivity contribution in [2.24, 2.45) is 0 Å². The molecule has 0 saturated heterocycles. The fourth-order valence-corrected chi connectivity index (χ4v) is 3.81. The molecule has 0 atom stereocenters. The van der Waals surface area contributed by atoms with E-state index < -0.39 is 10.0 Å². The van der Waals surface area contributed by atoms with Crippen LogP contribution >= 0.6 is 11.3 Å². The summed E-state index contributed by atoms with van der Waals surface area (Å²) in [5.74, 6) is 0. The van der Waals surface area contributed by atoms with Crippen molar-refractivity contribution in [1.82, 2.24) is 9.71 Å². The van der Waals surface area contributed by atoms with Gasteiger partial charge in [0, 0.05) is 29.7 Å². The van der Waals surface area contributed by atoms with Gasteiger partial charge in [-0.3, -0.25) is 4.98 Å². The predicted molar refractivity (Wildman–Crippen MR) is 73.4 cm³/mol. The lowest BCUT2D eigenvalue weighted by atomic mass is 10.3. The van der Waals surface area contributed by atoms with E-state index in [0.29, 0.717) is 17.8 Å². The number of hydrogen-bond donors (Lipinski definition) is 2. The number of aromatic nitrogens is 1. The van der Waals surface area contributed by atoms with Crippen LogP contribution in [0.2, 0.25) is 0 Å². The number of nitrogens with one attached hydrogen (secondary N) is 1. The fraction of sp³-hybridized carbons (Fsp3) is 0.250. The highest BCUT2D eigenvalue weighted by Gasteiger charge is 2.15. The molecule has 7 heteroatoms. The minimum atomic E-state index is -3.49. The molecule has 5 nitrogen and oxygen atoms in total. The van der Waals surface area contributed by atoms with Crippen molar-refractivity contribution >= 4 is 21.4 Å². The summed E-state index contributed by atoms with van der Waals surface area (Å²) in [6.07, 6.45) is 2.22. The number of hydrogen-bond acceptors (Lipinski definition) is 5. The molecule has 19 heavy (non-hydrogen) atoms. The zero-order chi connectivity index (χ0) is 13.7. The van der Waals surface area contributed by atoms with E-state index in [0.717, 1.165) is 17.0 Å². The Kier molecular flexibility index (Phi) is 4.65. The van der Waals surface area contributed by atoms with Crippen molar-refractivity contribution in [3.63, 3.8) is 0 Å². The van der Waals surface area contributed by atoms with Gasteiger partial charge in [-0.25, -0.2) is 13.1 Å². The van der Waals surface area contributed by atoms with Gasteiger partial charge in [-0.2, -0.15) is 0 Å². The maximum atomic E-state index is 11.9. The monoisotopic (exact) mass is 298 g/mol. The molecule has 0 radical (unpaired) electrons. The van der Waals surface area contributed by atoms with E-state index in [1.807, 2.05) is 18.2 Å². The minimum Gasteiger partial charge on any atom is -0.391 e. The number of sulfonamides is 1. The summed E-state index contributed by atoms with van der Waals surface area (Å²) < 4.78 is 26.6. The predicted octanol–water partition coefficient (Wildman–Crippen LogP) is 1.16. The molecule has 0 unspecified atom stereocenters. The summed E-state index contributed by atoms with van der Waals surface area (Å²) in [4.78, 5) is 4.75. The third-order valence-corrected chi connectivity index (χ3v) is 5.48. The van der Waals surface area contributed by atoms with Gasteiger partial charge >= 0.3 is 0 Å². The second kappa shape index (κ2) is 6.25. The summed E-state index contributed by atoms with van der Waals surface area (Å²) in [5.41, 5.74) is 0.840. The Hall–Kier alpha value is -1.28. The number of nitrogens with zero attached hydrogens (tertiary/aromatic N) is 1. The molecule has 102 valence electrons. The Morgan fingerprint density at radius 3 is 2.74 bits per heavy atom. The molecular formula is C12H14N2O3S2. The zero-order valence-corrected chi connectivity index (χ0v) is 11.7. The van der Waals surface area contributed by atoms with E-state index >= 15 is 0 Å². The molecule has 0 aliphatic heterocycles. The quantitative estimate of drug-likeness (QED) is 0.838. The van der Waals surface area contributed by atoms with Crippen LogP contribution in [0.5, 0.6) is 0 Å². The number of rotatable bonds is 6. The van der Waals surface area contributed by atoms with Gasteiger partial charge in [0.25, 0.3) is 0 Å². The normalized spacial score (nSPS) is 11.6. The Morgan fingerprint density at radius 2 is 2.11 bits per heavy atom. The van der Waals surface area contributed by atoms with Crippen molar-refractivity contribution in [3.8, 4) is 0 Å². The van der Waals surface area contributed by atoms with Crippen LogP contribution in [-0.4, -0.2) is 25.1 Å². The van der Waals surface area contributed by atoms with E-state index in [1.54, 1.807) is 12.3 Å². The van der Waals surface area contributed by atoms with Crippen LogP contribution in [0.1, 0.15) is 10.6 Å². The largest absolute Gasteiger partial charge is 0.391 e. The van der Waals surface area contributed by atoms with Gasteiger partial charge in [0.2, 0.25) is 10.0 Å². The van der Waals surface area contributed by atoms with Crippen molar-refractivity contribution in [2.45, 2.75) is 17.2 Å². The highest BCUT2D eigenvalue weighted by atomic mass is 32.2. The van der Waals surface area contributed by atoms with Crippen LogP contribution in [-0.2, 0) is 23.1 Å². The lowest BCUT2D eigenvalue weighted by molar-refractivity contribution is 0.285. The Labute approximate surface area is 116 Å². The van der Waals surface area contributed by atoms with E-state index in [1.165, 1.54) is 6.07 Å². The van der Waals surface area contributed by atoms with Gasteiger partial charge in [-0.15, -0.1) is 11.3 Å². The molecule has 0 saturated carbocycles. The van der Waals surface area contributed by atoms with E-state index in [2.05, 4.69) is 9.71 Å². The standard InChI is InChI=1S/C12H14N2O3S2/c15-9-11-4-5-12(18-11)19(16,17)14-8-6-10-3-1-2-7-13-10/h1-5,7,14-15H,6,8-9H2. The van der Waals surface area contributed by atoms with Crippen LogP contribution in [0, 0.1) is 0 Å². The lowest BCUT2D eigenvalue weighted by Gasteiger charge is -2.04. The van der Waals surface area contributed by atoms with E-state index in [9.17, 15) is 8.42 Å². The Balaban J connectivity index is 1.94. The first kappa shape index (κ1) is 14.1. The van der Waals surface area contributed by atoms with Crippen LogP contribution in [0.25, 0.3) is 0 Å². The molecule has 0 aliphatic rings. The molecule has 2 rings (SSSR count). The average molecular weight is 298 g/mol. The minimum absolute atomic E-state index is 0.145. The van der Waals surface area contributed by atoms with Crippen LogP contribution in [0.3, 0.4) is 0 Å². The van der Waals surface area contributed by atoms with Gasteiger partial charge in [0.15, 0.2) is 0 Å². The summed E-state index contributed by atoms with van der Waals surface area (Å²) in [7, 11) is -3.49. The molecule has 0 bridgehead atoms. The van der Waals surface area contributed by atoms with Crippen molar-refractivity contribution < 1.29 is 13.5 Å². The molecule has 0 fully saturated rings. The first-order valence-electron chi connectivity index (χ1n) is 5.71. The topological polar surface area (TPSA) is 79.3 Å².